The Hall–Kier alpha value is -2.25. The molecule has 1 saturated heterocycles. The molecule has 25 heavy (non-hydrogen) atoms. The molecular formula is C18H22N4O2S. The topological polar surface area (TPSA) is 65.5 Å². The first-order valence-corrected chi connectivity index (χ1v) is 9.19. The second-order valence-electron chi connectivity index (χ2n) is 6.24. The molecule has 0 unspecified atom stereocenters. The van der Waals surface area contributed by atoms with Crippen LogP contribution in [0.5, 0.6) is 0 Å². The van der Waals surface area contributed by atoms with Crippen LogP contribution in [-0.2, 0) is 16.1 Å². The molecule has 1 aromatic heterocycles. The van der Waals surface area contributed by atoms with E-state index in [1.54, 1.807) is 16.2 Å². The number of anilines is 2. The van der Waals surface area contributed by atoms with E-state index in [2.05, 4.69) is 10.3 Å². The molecule has 1 aliphatic heterocycles. The van der Waals surface area contributed by atoms with Crippen LogP contribution in [0, 0.1) is 6.92 Å². The van der Waals surface area contributed by atoms with Crippen molar-refractivity contribution in [3.63, 3.8) is 0 Å². The Bertz CT molecular complexity index is 774. The minimum atomic E-state index is -0.103. The van der Waals surface area contributed by atoms with E-state index in [4.69, 9.17) is 0 Å². The zero-order valence-electron chi connectivity index (χ0n) is 14.5. The van der Waals surface area contributed by atoms with Crippen molar-refractivity contribution in [3.8, 4) is 0 Å². The SMILES string of the molecule is Cc1nc(CN(C)CC(=O)Nc2ccccc2N2CCCC2=O)cs1. The minimum Gasteiger partial charge on any atom is -0.323 e. The third-order valence-electron chi connectivity index (χ3n) is 4.05. The zero-order chi connectivity index (χ0) is 17.8. The number of hydrogen-bond acceptors (Lipinski definition) is 5. The highest BCUT2D eigenvalue weighted by Gasteiger charge is 2.24. The molecular weight excluding hydrogens is 336 g/mol. The van der Waals surface area contributed by atoms with Crippen LogP contribution in [-0.4, -0.2) is 41.8 Å². The summed E-state index contributed by atoms with van der Waals surface area (Å²) < 4.78 is 0. The first kappa shape index (κ1) is 17.6. The number of hydrogen-bond donors (Lipinski definition) is 1. The first-order valence-electron chi connectivity index (χ1n) is 8.32. The van der Waals surface area contributed by atoms with Crippen molar-refractivity contribution in [2.24, 2.45) is 0 Å². The van der Waals surface area contributed by atoms with Crippen molar-refractivity contribution in [2.45, 2.75) is 26.3 Å². The molecule has 2 amide bonds. The number of nitrogens with one attached hydrogen (secondary N) is 1. The molecule has 0 aliphatic carbocycles. The third kappa shape index (κ3) is 4.43. The van der Waals surface area contributed by atoms with Gasteiger partial charge in [-0.25, -0.2) is 4.98 Å². The summed E-state index contributed by atoms with van der Waals surface area (Å²) in [4.78, 5) is 32.5. The molecule has 1 aromatic carbocycles. The van der Waals surface area contributed by atoms with Crippen molar-refractivity contribution < 1.29 is 9.59 Å². The highest BCUT2D eigenvalue weighted by Crippen LogP contribution is 2.29. The van der Waals surface area contributed by atoms with Crippen LogP contribution in [0.25, 0.3) is 0 Å². The molecule has 1 N–H and O–H groups in total. The molecule has 0 atom stereocenters. The number of rotatable bonds is 6. The van der Waals surface area contributed by atoms with Crippen molar-refractivity contribution in [1.82, 2.24) is 9.88 Å². The predicted molar refractivity (Wildman–Crippen MR) is 99.8 cm³/mol. The summed E-state index contributed by atoms with van der Waals surface area (Å²) in [6.45, 7) is 3.56. The van der Waals surface area contributed by atoms with Gasteiger partial charge in [-0.3, -0.25) is 14.5 Å². The van der Waals surface area contributed by atoms with Gasteiger partial charge in [0.2, 0.25) is 11.8 Å². The molecule has 7 heteroatoms. The standard InChI is InChI=1S/C18H22N4O2S/c1-13-19-14(12-25-13)10-21(2)11-17(23)20-15-6-3-4-7-16(15)22-9-5-8-18(22)24/h3-4,6-7,12H,5,8-11H2,1-2H3,(H,20,23). The summed E-state index contributed by atoms with van der Waals surface area (Å²) in [7, 11) is 1.89. The zero-order valence-corrected chi connectivity index (χ0v) is 15.3. The average Bonchev–Trinajstić information content (AvgIpc) is 3.16. The molecule has 0 bridgehead atoms. The highest BCUT2D eigenvalue weighted by molar-refractivity contribution is 7.09. The quantitative estimate of drug-likeness (QED) is 0.862. The lowest BCUT2D eigenvalue weighted by Gasteiger charge is -2.21. The lowest BCUT2D eigenvalue weighted by atomic mass is 10.2. The van der Waals surface area contributed by atoms with E-state index in [1.165, 1.54) is 0 Å². The van der Waals surface area contributed by atoms with Crippen LogP contribution >= 0.6 is 11.3 Å². The summed E-state index contributed by atoms with van der Waals surface area (Å²) in [5, 5.41) is 5.97. The van der Waals surface area contributed by atoms with Crippen LogP contribution in [0.1, 0.15) is 23.5 Å². The fourth-order valence-corrected chi connectivity index (χ4v) is 3.57. The van der Waals surface area contributed by atoms with Crippen LogP contribution in [0.15, 0.2) is 29.6 Å². The molecule has 6 nitrogen and oxygen atoms in total. The number of carbonyl (C=O) groups is 2. The Balaban J connectivity index is 1.62. The number of aromatic nitrogens is 1. The summed E-state index contributed by atoms with van der Waals surface area (Å²) in [6.07, 6.45) is 1.43. The van der Waals surface area contributed by atoms with Crippen LogP contribution in [0.3, 0.4) is 0 Å². The number of thiazole rings is 1. The largest absolute Gasteiger partial charge is 0.323 e. The number of benzene rings is 1. The van der Waals surface area contributed by atoms with Gasteiger partial charge < -0.3 is 10.2 Å². The van der Waals surface area contributed by atoms with E-state index in [-0.39, 0.29) is 18.4 Å². The molecule has 3 rings (SSSR count). The predicted octanol–water partition coefficient (Wildman–Crippen LogP) is 2.65. The number of para-hydroxylation sites is 2. The summed E-state index contributed by atoms with van der Waals surface area (Å²) in [6, 6.07) is 7.46. The van der Waals surface area contributed by atoms with Crippen molar-refractivity contribution in [2.75, 3.05) is 30.4 Å². The molecule has 0 radical (unpaired) electrons. The molecule has 0 saturated carbocycles. The van der Waals surface area contributed by atoms with Gasteiger partial charge in [0.25, 0.3) is 0 Å². The lowest BCUT2D eigenvalue weighted by molar-refractivity contribution is -0.118. The minimum absolute atomic E-state index is 0.103. The maximum atomic E-state index is 12.4. The fraction of sp³-hybridized carbons (Fsp3) is 0.389. The number of likely N-dealkylation sites (N-methyl/N-ethyl adjacent to an activating group) is 1. The van der Waals surface area contributed by atoms with E-state index in [0.29, 0.717) is 25.2 Å². The summed E-state index contributed by atoms with van der Waals surface area (Å²) >= 11 is 1.61. The third-order valence-corrected chi connectivity index (χ3v) is 4.88. The Morgan fingerprint density at radius 1 is 1.40 bits per heavy atom. The number of nitrogens with zero attached hydrogens (tertiary/aromatic N) is 3. The van der Waals surface area contributed by atoms with E-state index < -0.39 is 0 Å². The molecule has 2 heterocycles. The lowest BCUT2D eigenvalue weighted by Crippen LogP contribution is -2.31. The maximum absolute atomic E-state index is 12.4. The van der Waals surface area contributed by atoms with Crippen LogP contribution in [0.2, 0.25) is 0 Å². The van der Waals surface area contributed by atoms with Gasteiger partial charge in [0.15, 0.2) is 0 Å². The molecule has 2 aromatic rings. The number of carbonyl (C=O) groups excluding carboxylic acids is 2. The summed E-state index contributed by atoms with van der Waals surface area (Å²) in [5.74, 6) is 0.00580. The van der Waals surface area contributed by atoms with Gasteiger partial charge in [0.05, 0.1) is 28.6 Å². The van der Waals surface area contributed by atoms with Gasteiger partial charge in [0.1, 0.15) is 0 Å². The van der Waals surface area contributed by atoms with Crippen LogP contribution < -0.4 is 10.2 Å². The van der Waals surface area contributed by atoms with Crippen molar-refractivity contribution in [3.05, 3.63) is 40.3 Å². The van der Waals surface area contributed by atoms with Crippen molar-refractivity contribution in [1.29, 1.82) is 0 Å². The Morgan fingerprint density at radius 3 is 2.88 bits per heavy atom. The van der Waals surface area contributed by atoms with Gasteiger partial charge in [-0.1, -0.05) is 12.1 Å². The Labute approximate surface area is 151 Å². The molecule has 0 spiro atoms. The smallest absolute Gasteiger partial charge is 0.238 e. The summed E-state index contributed by atoms with van der Waals surface area (Å²) in [5.41, 5.74) is 2.43. The fourth-order valence-electron chi connectivity index (χ4n) is 2.97. The maximum Gasteiger partial charge on any atom is 0.238 e. The van der Waals surface area contributed by atoms with Gasteiger partial charge >= 0.3 is 0 Å². The van der Waals surface area contributed by atoms with Gasteiger partial charge in [-0.2, -0.15) is 0 Å². The number of amides is 2. The van der Waals surface area contributed by atoms with E-state index >= 15 is 0 Å². The van der Waals surface area contributed by atoms with Crippen LogP contribution in [0.4, 0.5) is 11.4 Å². The number of aryl methyl sites for hydroxylation is 1. The molecule has 132 valence electrons. The first-order chi connectivity index (χ1) is 12.0. The van der Waals surface area contributed by atoms with Gasteiger partial charge in [-0.15, -0.1) is 11.3 Å². The van der Waals surface area contributed by atoms with Crippen molar-refractivity contribution >= 4 is 34.5 Å². The molecule has 1 fully saturated rings. The average molecular weight is 358 g/mol. The Morgan fingerprint density at radius 2 is 2.20 bits per heavy atom. The van der Waals surface area contributed by atoms with Gasteiger partial charge in [0, 0.05) is 24.9 Å². The normalized spacial score (nSPS) is 14.4. The Kier molecular flexibility index (Phi) is 5.45. The monoisotopic (exact) mass is 358 g/mol. The second-order valence-corrected chi connectivity index (χ2v) is 7.31. The van der Waals surface area contributed by atoms with E-state index in [0.717, 1.165) is 22.8 Å². The second kappa shape index (κ2) is 7.76. The van der Waals surface area contributed by atoms with E-state index in [9.17, 15) is 9.59 Å². The van der Waals surface area contributed by atoms with Gasteiger partial charge in [-0.05, 0) is 32.5 Å². The molecule has 1 aliphatic rings. The highest BCUT2D eigenvalue weighted by atomic mass is 32.1. The van der Waals surface area contributed by atoms with E-state index in [1.807, 2.05) is 48.5 Å².